The number of hydrogen-bond donors (Lipinski definition) is 4. The van der Waals surface area contributed by atoms with Crippen LogP contribution in [-0.4, -0.2) is 18.0 Å². The second-order valence-electron chi connectivity index (χ2n) is 4.04. The molecule has 0 aliphatic carbocycles. The van der Waals surface area contributed by atoms with Gasteiger partial charge in [-0.15, -0.1) is 0 Å². The van der Waals surface area contributed by atoms with E-state index in [1.54, 1.807) is 18.2 Å². The molecule has 6 N–H and O–H groups in total. The largest absolute Gasteiger partial charge is 0.384 e. The van der Waals surface area contributed by atoms with Crippen LogP contribution in [0.1, 0.15) is 5.56 Å². The summed E-state index contributed by atoms with van der Waals surface area (Å²) in [5.41, 5.74) is 12.7. The molecule has 2 aliphatic heterocycles. The number of aliphatic imine (C=N–C) groups is 2. The van der Waals surface area contributed by atoms with Gasteiger partial charge in [-0.25, -0.2) is 9.98 Å². The fraction of sp³-hybridized carbons (Fsp3) is 0.0909. The van der Waals surface area contributed by atoms with Gasteiger partial charge in [0.2, 0.25) is 0 Å². The Morgan fingerprint density at radius 3 is 2.42 bits per heavy atom. The number of nitrogens with one attached hydrogen (secondary N) is 2. The van der Waals surface area contributed by atoms with E-state index in [9.17, 15) is 0 Å². The first-order valence-corrected chi connectivity index (χ1v) is 6.21. The van der Waals surface area contributed by atoms with Gasteiger partial charge in [-0.2, -0.15) is 0 Å². The molecule has 0 radical (unpaired) electrons. The number of fused-ring (bicyclic) bond motifs is 1. The van der Waals surface area contributed by atoms with Gasteiger partial charge < -0.3 is 22.1 Å². The molecule has 1 unspecified atom stereocenters. The molecule has 0 saturated carbocycles. The van der Waals surface area contributed by atoms with E-state index < -0.39 is 6.17 Å². The quantitative estimate of drug-likeness (QED) is 0.613. The van der Waals surface area contributed by atoms with E-state index in [-0.39, 0.29) is 5.96 Å². The number of amidine groups is 1. The van der Waals surface area contributed by atoms with Crippen molar-refractivity contribution < 1.29 is 0 Å². The van der Waals surface area contributed by atoms with Crippen LogP contribution < -0.4 is 22.1 Å². The maximum atomic E-state index is 6.14. The maximum Gasteiger partial charge on any atom is 0.196 e. The van der Waals surface area contributed by atoms with Gasteiger partial charge in [0.1, 0.15) is 17.4 Å². The Bertz CT molecular complexity index is 628. The van der Waals surface area contributed by atoms with Crippen LogP contribution in [-0.2, 0) is 0 Å². The average Bonchev–Trinajstić information content (AvgIpc) is 2.72. The number of nitrogens with zero attached hydrogens (tertiary/aromatic N) is 2. The van der Waals surface area contributed by atoms with Gasteiger partial charge in [0.05, 0.1) is 15.6 Å². The van der Waals surface area contributed by atoms with Crippen molar-refractivity contribution in [3.05, 3.63) is 45.3 Å². The Hall–Kier alpha value is -1.92. The lowest BCUT2D eigenvalue weighted by atomic mass is 10.2. The summed E-state index contributed by atoms with van der Waals surface area (Å²) in [5.74, 6) is 1.14. The summed E-state index contributed by atoms with van der Waals surface area (Å²) in [5, 5.41) is 6.81. The van der Waals surface area contributed by atoms with E-state index in [1.807, 2.05) is 0 Å². The molecule has 19 heavy (non-hydrogen) atoms. The topological polar surface area (TPSA) is 101 Å². The first-order chi connectivity index (χ1) is 9.06. The number of guanidine groups is 1. The van der Waals surface area contributed by atoms with Gasteiger partial charge >= 0.3 is 0 Å². The molecule has 6 nitrogen and oxygen atoms in total. The minimum Gasteiger partial charge on any atom is -0.384 e. The predicted molar refractivity (Wildman–Crippen MR) is 75.9 cm³/mol. The molecule has 1 aromatic rings. The van der Waals surface area contributed by atoms with Gasteiger partial charge in [-0.3, -0.25) is 0 Å². The lowest BCUT2D eigenvalue weighted by Gasteiger charge is -2.17. The molecule has 2 aliphatic rings. The van der Waals surface area contributed by atoms with Gasteiger partial charge in [0.15, 0.2) is 12.1 Å². The molecular formula is C11H10Cl2N6. The summed E-state index contributed by atoms with van der Waals surface area (Å²) in [6.07, 6.45) is -0.483. The van der Waals surface area contributed by atoms with Gasteiger partial charge in [0.25, 0.3) is 0 Å². The van der Waals surface area contributed by atoms with Crippen LogP contribution in [0, 0.1) is 0 Å². The Kier molecular flexibility index (Phi) is 2.76. The first-order valence-electron chi connectivity index (χ1n) is 5.45. The molecule has 0 spiro atoms. The molecule has 1 atom stereocenters. The summed E-state index contributed by atoms with van der Waals surface area (Å²) in [4.78, 5) is 8.53. The van der Waals surface area contributed by atoms with E-state index in [4.69, 9.17) is 34.7 Å². The Morgan fingerprint density at radius 1 is 1.05 bits per heavy atom. The molecule has 0 saturated heterocycles. The van der Waals surface area contributed by atoms with E-state index in [0.29, 0.717) is 33.0 Å². The molecule has 2 heterocycles. The highest BCUT2D eigenvalue weighted by atomic mass is 35.5. The lowest BCUT2D eigenvalue weighted by Crippen LogP contribution is -2.42. The van der Waals surface area contributed by atoms with E-state index in [0.717, 1.165) is 0 Å². The minimum absolute atomic E-state index is 0.225. The summed E-state index contributed by atoms with van der Waals surface area (Å²) in [6.45, 7) is 0. The average molecular weight is 297 g/mol. The normalized spacial score (nSPS) is 21.3. The Labute approximate surface area is 119 Å². The van der Waals surface area contributed by atoms with Crippen LogP contribution >= 0.6 is 23.2 Å². The molecule has 98 valence electrons. The van der Waals surface area contributed by atoms with Gasteiger partial charge in [-0.05, 0) is 12.1 Å². The second kappa shape index (κ2) is 4.32. The summed E-state index contributed by atoms with van der Waals surface area (Å²) in [7, 11) is 0. The first kappa shape index (κ1) is 12.1. The van der Waals surface area contributed by atoms with Crippen molar-refractivity contribution in [2.24, 2.45) is 21.5 Å². The van der Waals surface area contributed by atoms with Gasteiger partial charge in [0, 0.05) is 0 Å². The lowest BCUT2D eigenvalue weighted by molar-refractivity contribution is 0.757. The third-order valence-electron chi connectivity index (χ3n) is 2.78. The molecule has 0 amide bonds. The third-order valence-corrected chi connectivity index (χ3v) is 3.41. The molecular weight excluding hydrogens is 287 g/mol. The molecule has 0 aromatic heterocycles. The fourth-order valence-electron chi connectivity index (χ4n) is 1.93. The predicted octanol–water partition coefficient (Wildman–Crippen LogP) is 0.715. The maximum absolute atomic E-state index is 6.14. The number of rotatable bonds is 1. The van der Waals surface area contributed by atoms with Crippen LogP contribution in [0.5, 0.6) is 0 Å². The van der Waals surface area contributed by atoms with Crippen LogP contribution in [0.4, 0.5) is 0 Å². The zero-order valence-corrected chi connectivity index (χ0v) is 11.1. The Morgan fingerprint density at radius 2 is 1.74 bits per heavy atom. The molecule has 8 heteroatoms. The van der Waals surface area contributed by atoms with Crippen LogP contribution in [0.15, 0.2) is 39.7 Å². The van der Waals surface area contributed by atoms with Crippen molar-refractivity contribution in [2.75, 3.05) is 0 Å². The zero-order valence-electron chi connectivity index (χ0n) is 9.61. The molecule has 1 aromatic carbocycles. The van der Waals surface area contributed by atoms with E-state index in [2.05, 4.69) is 20.6 Å². The zero-order chi connectivity index (χ0) is 13.6. The molecule has 0 bridgehead atoms. The third kappa shape index (κ3) is 1.98. The summed E-state index contributed by atoms with van der Waals surface area (Å²) < 4.78 is 0. The number of hydrogen-bond acceptors (Lipinski definition) is 6. The molecule has 3 rings (SSSR count). The highest BCUT2D eigenvalue weighted by Crippen LogP contribution is 2.28. The van der Waals surface area contributed by atoms with Crippen molar-refractivity contribution in [3.63, 3.8) is 0 Å². The van der Waals surface area contributed by atoms with Crippen molar-refractivity contribution in [1.29, 1.82) is 0 Å². The summed E-state index contributed by atoms with van der Waals surface area (Å²) in [6, 6.07) is 5.24. The van der Waals surface area contributed by atoms with Crippen molar-refractivity contribution in [2.45, 2.75) is 6.17 Å². The monoisotopic (exact) mass is 296 g/mol. The minimum atomic E-state index is -0.483. The van der Waals surface area contributed by atoms with Crippen molar-refractivity contribution in [1.82, 2.24) is 10.6 Å². The SMILES string of the molecule is NC1=NC2N=C(c3c(Cl)cccc3Cl)NC2=C(N)N1. The highest BCUT2D eigenvalue weighted by Gasteiger charge is 2.30. The van der Waals surface area contributed by atoms with Crippen LogP contribution in [0.3, 0.4) is 0 Å². The number of nitrogens with two attached hydrogens (primary N) is 2. The number of benzene rings is 1. The van der Waals surface area contributed by atoms with Crippen LogP contribution in [0.25, 0.3) is 0 Å². The fourth-order valence-corrected chi connectivity index (χ4v) is 2.51. The van der Waals surface area contributed by atoms with E-state index >= 15 is 0 Å². The number of halogens is 2. The standard InChI is InChI=1S/C11H10Cl2N6/c12-4-2-1-3-5(13)6(4)9-16-7-8(14)17-11(15)19-10(7)18-9/h1-3,10H,14H2,(H,16,18)(H3,15,17,19). The van der Waals surface area contributed by atoms with Crippen molar-refractivity contribution >= 4 is 35.0 Å². The van der Waals surface area contributed by atoms with E-state index in [1.165, 1.54) is 0 Å². The van der Waals surface area contributed by atoms with Crippen LogP contribution in [0.2, 0.25) is 10.0 Å². The van der Waals surface area contributed by atoms with Gasteiger partial charge in [-0.1, -0.05) is 29.3 Å². The highest BCUT2D eigenvalue weighted by molar-refractivity contribution is 6.40. The van der Waals surface area contributed by atoms with Crippen molar-refractivity contribution in [3.8, 4) is 0 Å². The Balaban J connectivity index is 2.06. The second-order valence-corrected chi connectivity index (χ2v) is 4.85. The summed E-state index contributed by atoms with van der Waals surface area (Å²) >= 11 is 12.3. The molecule has 0 fully saturated rings. The smallest absolute Gasteiger partial charge is 0.196 e.